The van der Waals surface area contributed by atoms with Crippen molar-refractivity contribution in [1.82, 2.24) is 24.3 Å². The number of methoxy groups -OCH3 is 1. The number of benzene rings is 1. The van der Waals surface area contributed by atoms with Crippen molar-refractivity contribution < 1.29 is 13.9 Å². The van der Waals surface area contributed by atoms with E-state index in [1.165, 1.54) is 18.9 Å². The summed E-state index contributed by atoms with van der Waals surface area (Å²) < 4.78 is 30.1. The highest BCUT2D eigenvalue weighted by Gasteiger charge is 2.33. The molecule has 262 valence electrons. The number of aromatic nitrogens is 3. The summed E-state index contributed by atoms with van der Waals surface area (Å²) in [4.78, 5) is 30.5. The Hall–Kier alpha value is -4.48. The highest BCUT2D eigenvalue weighted by molar-refractivity contribution is 5.92. The number of hydrogen-bond acceptors (Lipinski definition) is 9. The lowest BCUT2D eigenvalue weighted by Crippen LogP contribution is -2.48. The first-order chi connectivity index (χ1) is 24.4. The van der Waals surface area contributed by atoms with Crippen LogP contribution in [0.15, 0.2) is 59.8 Å². The zero-order valence-corrected chi connectivity index (χ0v) is 29.2. The Labute approximate surface area is 292 Å². The maximum atomic E-state index is 16.2. The van der Waals surface area contributed by atoms with E-state index in [4.69, 9.17) is 9.47 Å². The Bertz CT molecular complexity index is 1980. The third-order valence-corrected chi connectivity index (χ3v) is 10.9. The van der Waals surface area contributed by atoms with E-state index in [1.807, 2.05) is 37.6 Å². The summed E-state index contributed by atoms with van der Waals surface area (Å²) in [6.45, 7) is 7.03. The van der Waals surface area contributed by atoms with Gasteiger partial charge in [-0.1, -0.05) is 6.08 Å². The van der Waals surface area contributed by atoms with Crippen LogP contribution in [-0.2, 0) is 13.1 Å². The number of piperidine rings is 1. The second kappa shape index (κ2) is 13.7. The molecule has 50 heavy (non-hydrogen) atoms. The quantitative estimate of drug-likeness (QED) is 0.222. The van der Waals surface area contributed by atoms with E-state index in [1.54, 1.807) is 13.3 Å². The smallest absolute Gasteiger partial charge is 0.213 e. The van der Waals surface area contributed by atoms with Gasteiger partial charge < -0.3 is 24.3 Å². The molecule has 1 aliphatic carbocycles. The first kappa shape index (κ1) is 32.7. The van der Waals surface area contributed by atoms with Crippen LogP contribution in [0.25, 0.3) is 16.5 Å². The predicted octanol–water partition coefficient (Wildman–Crippen LogP) is 5.86. The van der Waals surface area contributed by atoms with E-state index in [0.717, 1.165) is 68.1 Å². The highest BCUT2D eigenvalue weighted by Crippen LogP contribution is 2.42. The molecule has 1 aromatic carbocycles. The van der Waals surface area contributed by atoms with Crippen molar-refractivity contribution in [3.8, 4) is 11.6 Å². The van der Waals surface area contributed by atoms with E-state index in [0.29, 0.717) is 59.4 Å². The van der Waals surface area contributed by atoms with Gasteiger partial charge in [0.05, 0.1) is 41.5 Å². The summed E-state index contributed by atoms with van der Waals surface area (Å²) >= 11 is 0. The minimum absolute atomic E-state index is 0.00971. The number of pyridine rings is 3. The molecule has 3 aromatic heterocycles. The molecule has 4 aromatic rings. The van der Waals surface area contributed by atoms with Crippen LogP contribution in [0.3, 0.4) is 0 Å². The number of halogens is 1. The molecule has 0 spiro atoms. The Morgan fingerprint density at radius 1 is 1.12 bits per heavy atom. The number of nitrogens with zero attached hydrogens (tertiary/aromatic N) is 6. The molecule has 2 unspecified atom stereocenters. The SMILES string of the molecule is CNc1ccc(N2CCCC(N(Cc3ccnc(OC)c3)Cc3cn4c5c(c(C6=CCN(C7CC7)CC6)c(F)cc5c3=O)OCC4C)C2)cn1. The van der Waals surface area contributed by atoms with Gasteiger partial charge in [0.1, 0.15) is 18.2 Å². The third kappa shape index (κ3) is 6.33. The maximum Gasteiger partial charge on any atom is 0.213 e. The zero-order chi connectivity index (χ0) is 34.4. The van der Waals surface area contributed by atoms with Crippen molar-refractivity contribution >= 4 is 28.0 Å². The van der Waals surface area contributed by atoms with Crippen LogP contribution in [0.1, 0.15) is 61.8 Å². The van der Waals surface area contributed by atoms with Gasteiger partial charge in [-0.3, -0.25) is 14.6 Å². The predicted molar refractivity (Wildman–Crippen MR) is 195 cm³/mol. The summed E-state index contributed by atoms with van der Waals surface area (Å²) in [6, 6.07) is 10.4. The molecule has 2 atom stereocenters. The lowest BCUT2D eigenvalue weighted by molar-refractivity contribution is 0.157. The van der Waals surface area contributed by atoms with Crippen molar-refractivity contribution in [3.05, 3.63) is 87.7 Å². The van der Waals surface area contributed by atoms with E-state index in [9.17, 15) is 4.79 Å². The van der Waals surface area contributed by atoms with Crippen LogP contribution in [-0.4, -0.2) is 83.4 Å². The molecule has 2 fully saturated rings. The molecule has 1 N–H and O–H groups in total. The molecule has 3 aliphatic heterocycles. The van der Waals surface area contributed by atoms with E-state index >= 15 is 4.39 Å². The Morgan fingerprint density at radius 2 is 2.00 bits per heavy atom. The van der Waals surface area contributed by atoms with Crippen LogP contribution in [0.5, 0.6) is 11.6 Å². The molecule has 10 nitrogen and oxygen atoms in total. The normalized spacial score (nSPS) is 20.9. The number of hydrogen-bond donors (Lipinski definition) is 1. The molecular formula is C39H46FN7O3. The van der Waals surface area contributed by atoms with Crippen molar-refractivity contribution in [2.45, 2.75) is 70.2 Å². The van der Waals surface area contributed by atoms with E-state index in [2.05, 4.69) is 53.6 Å². The third-order valence-electron chi connectivity index (χ3n) is 10.9. The van der Waals surface area contributed by atoms with Crippen LogP contribution >= 0.6 is 0 Å². The van der Waals surface area contributed by atoms with Gasteiger partial charge in [-0.2, -0.15) is 0 Å². The number of rotatable bonds is 10. The lowest BCUT2D eigenvalue weighted by Gasteiger charge is -2.40. The van der Waals surface area contributed by atoms with Gasteiger partial charge in [0.2, 0.25) is 5.88 Å². The minimum Gasteiger partial charge on any atom is -0.488 e. The average molecular weight is 680 g/mol. The Kier molecular flexibility index (Phi) is 8.95. The van der Waals surface area contributed by atoms with Gasteiger partial charge in [0, 0.05) is 82.4 Å². The number of ether oxygens (including phenoxy) is 2. The molecule has 0 amide bonds. The largest absolute Gasteiger partial charge is 0.488 e. The van der Waals surface area contributed by atoms with E-state index in [-0.39, 0.29) is 23.3 Å². The van der Waals surface area contributed by atoms with Crippen molar-refractivity contribution in [3.63, 3.8) is 0 Å². The van der Waals surface area contributed by atoms with Gasteiger partial charge in [0.15, 0.2) is 11.2 Å². The van der Waals surface area contributed by atoms with Gasteiger partial charge in [-0.15, -0.1) is 0 Å². The first-order valence-electron chi connectivity index (χ1n) is 18.0. The van der Waals surface area contributed by atoms with Crippen LogP contribution in [0.2, 0.25) is 0 Å². The summed E-state index contributed by atoms with van der Waals surface area (Å²) in [5, 5.41) is 3.48. The second-order valence-electron chi connectivity index (χ2n) is 14.2. The monoisotopic (exact) mass is 679 g/mol. The fraction of sp³-hybridized carbons (Fsp3) is 0.462. The van der Waals surface area contributed by atoms with Crippen LogP contribution < -0.4 is 25.1 Å². The fourth-order valence-corrected chi connectivity index (χ4v) is 8.01. The van der Waals surface area contributed by atoms with Crippen molar-refractivity contribution in [2.75, 3.05) is 57.2 Å². The molecule has 0 radical (unpaired) electrons. The van der Waals surface area contributed by atoms with Crippen molar-refractivity contribution in [1.29, 1.82) is 0 Å². The topological polar surface area (TPSA) is 88.0 Å². The molecule has 4 aliphatic rings. The molecule has 0 bridgehead atoms. The molecule has 8 rings (SSSR count). The lowest BCUT2D eigenvalue weighted by atomic mass is 9.94. The summed E-state index contributed by atoms with van der Waals surface area (Å²) in [5.41, 5.74) is 4.84. The first-order valence-corrected chi connectivity index (χ1v) is 18.0. The van der Waals surface area contributed by atoms with Crippen LogP contribution in [0.4, 0.5) is 15.9 Å². The second-order valence-corrected chi connectivity index (χ2v) is 14.2. The minimum atomic E-state index is -0.379. The highest BCUT2D eigenvalue weighted by atomic mass is 19.1. The molecule has 11 heteroatoms. The summed E-state index contributed by atoms with van der Waals surface area (Å²) in [5.74, 6) is 1.52. The van der Waals surface area contributed by atoms with Crippen LogP contribution in [0, 0.1) is 5.82 Å². The zero-order valence-electron chi connectivity index (χ0n) is 29.2. The molecule has 1 saturated carbocycles. The van der Waals surface area contributed by atoms with Gasteiger partial charge in [-0.05, 0) is 74.4 Å². The molecule has 1 saturated heterocycles. The number of anilines is 2. The van der Waals surface area contributed by atoms with Crippen molar-refractivity contribution in [2.24, 2.45) is 0 Å². The van der Waals surface area contributed by atoms with Gasteiger partial charge >= 0.3 is 0 Å². The molecule has 6 heterocycles. The fourth-order valence-electron chi connectivity index (χ4n) is 8.01. The maximum absolute atomic E-state index is 16.2. The standard InChI is InChI=1S/C39H46FN7O3/c1-25-24-50-39-36(27-11-15-44(16-12-27)29-6-7-29)33(40)18-32-37(39)47(25)22-28(38(32)48)21-46(20-26-10-13-42-35(17-26)49-3)31-5-4-14-45(23-31)30-8-9-34(41-2)43-19-30/h8-11,13,17-19,22,25,29,31H,4-7,12,14-16,20-21,23-24H2,1-3H3,(H,41,43). The Balaban J connectivity index is 1.15. The Morgan fingerprint density at radius 3 is 2.74 bits per heavy atom. The van der Waals surface area contributed by atoms with Gasteiger partial charge in [0.25, 0.3) is 0 Å². The van der Waals surface area contributed by atoms with E-state index < -0.39 is 0 Å². The summed E-state index contributed by atoms with van der Waals surface area (Å²) in [6.07, 6.45) is 13.1. The average Bonchev–Trinajstić information content (AvgIpc) is 4.00. The number of nitrogens with one attached hydrogen (secondary N) is 1. The summed E-state index contributed by atoms with van der Waals surface area (Å²) in [7, 11) is 3.49. The molecular weight excluding hydrogens is 633 g/mol. The van der Waals surface area contributed by atoms with Gasteiger partial charge in [-0.25, -0.2) is 14.4 Å².